The maximum atomic E-state index is 4.63. The zero-order chi connectivity index (χ0) is 25.7. The normalized spacial score (nSPS) is 10.8. The van der Waals surface area contributed by atoms with Gasteiger partial charge < -0.3 is 16.0 Å². The summed E-state index contributed by atoms with van der Waals surface area (Å²) in [7, 11) is 0. The van der Waals surface area contributed by atoms with E-state index in [1.165, 1.54) is 33.4 Å². The predicted octanol–water partition coefficient (Wildman–Crippen LogP) is 6.56. The zero-order valence-corrected chi connectivity index (χ0v) is 22.2. The molecule has 0 aliphatic heterocycles. The van der Waals surface area contributed by atoms with Crippen LogP contribution < -0.4 is 16.0 Å². The van der Waals surface area contributed by atoms with Crippen LogP contribution in [0.25, 0.3) is 0 Å². The molecule has 0 amide bonds. The van der Waals surface area contributed by atoms with Crippen molar-refractivity contribution in [2.75, 3.05) is 16.0 Å². The van der Waals surface area contributed by atoms with Gasteiger partial charge in [-0.3, -0.25) is 0 Å². The maximum absolute atomic E-state index is 4.63. The lowest BCUT2D eigenvalue weighted by molar-refractivity contribution is 0.958. The van der Waals surface area contributed by atoms with Crippen molar-refractivity contribution in [1.82, 2.24) is 15.0 Å². The predicted molar refractivity (Wildman–Crippen MR) is 150 cm³/mol. The summed E-state index contributed by atoms with van der Waals surface area (Å²) in [6.07, 6.45) is 0. The zero-order valence-electron chi connectivity index (χ0n) is 22.2. The number of hydrogen-bond donors (Lipinski definition) is 3. The highest BCUT2D eigenvalue weighted by Crippen LogP contribution is 2.29. The maximum Gasteiger partial charge on any atom is 0.126 e. The van der Waals surface area contributed by atoms with Crippen LogP contribution in [0.2, 0.25) is 0 Å². The Morgan fingerprint density at radius 2 is 0.722 bits per heavy atom. The van der Waals surface area contributed by atoms with Crippen LogP contribution in [0.4, 0.5) is 17.5 Å². The molecule has 4 aromatic rings. The van der Waals surface area contributed by atoms with Gasteiger partial charge in [-0.15, -0.1) is 0 Å². The van der Waals surface area contributed by atoms with Crippen LogP contribution in [0.15, 0.2) is 54.6 Å². The van der Waals surface area contributed by atoms with E-state index in [4.69, 9.17) is 0 Å². The van der Waals surface area contributed by atoms with Crippen molar-refractivity contribution >= 4 is 17.5 Å². The molecule has 0 unspecified atom stereocenters. The molecule has 3 aromatic heterocycles. The number of benzene rings is 1. The van der Waals surface area contributed by atoms with Crippen LogP contribution in [0.1, 0.15) is 50.5 Å². The molecule has 0 saturated heterocycles. The third-order valence-electron chi connectivity index (χ3n) is 6.72. The van der Waals surface area contributed by atoms with E-state index in [0.29, 0.717) is 19.6 Å². The first-order chi connectivity index (χ1) is 17.3. The number of pyridine rings is 3. The van der Waals surface area contributed by atoms with E-state index in [9.17, 15) is 0 Å². The highest BCUT2D eigenvalue weighted by Gasteiger charge is 2.17. The summed E-state index contributed by atoms with van der Waals surface area (Å²) in [5, 5.41) is 10.6. The molecule has 0 bridgehead atoms. The minimum absolute atomic E-state index is 0.708. The topological polar surface area (TPSA) is 74.8 Å². The van der Waals surface area contributed by atoms with Crippen molar-refractivity contribution in [2.24, 2.45) is 0 Å². The molecule has 6 heteroatoms. The Labute approximate surface area is 214 Å². The summed E-state index contributed by atoms with van der Waals surface area (Å²) in [6.45, 7) is 14.8. The molecular formula is C30H36N6. The lowest BCUT2D eigenvalue weighted by Gasteiger charge is -2.24. The molecule has 36 heavy (non-hydrogen) atoms. The first-order valence-electron chi connectivity index (χ1n) is 12.4. The fourth-order valence-corrected chi connectivity index (χ4v) is 4.65. The minimum atomic E-state index is 0.708. The van der Waals surface area contributed by atoms with Gasteiger partial charge in [-0.2, -0.15) is 0 Å². The van der Waals surface area contributed by atoms with Crippen molar-refractivity contribution in [3.05, 3.63) is 105 Å². The van der Waals surface area contributed by atoms with Gasteiger partial charge in [0, 0.05) is 36.7 Å². The summed E-state index contributed by atoms with van der Waals surface area (Å²) in [5.74, 6) is 2.67. The summed E-state index contributed by atoms with van der Waals surface area (Å²) in [5.41, 5.74) is 10.8. The molecule has 0 aliphatic carbocycles. The molecule has 186 valence electrons. The molecule has 0 radical (unpaired) electrons. The summed E-state index contributed by atoms with van der Waals surface area (Å²) in [4.78, 5) is 13.9. The smallest absolute Gasteiger partial charge is 0.126 e. The Morgan fingerprint density at radius 1 is 0.444 bits per heavy atom. The summed E-state index contributed by atoms with van der Waals surface area (Å²) >= 11 is 0. The molecule has 0 atom stereocenters. The average molecular weight is 481 g/mol. The Kier molecular flexibility index (Phi) is 7.84. The van der Waals surface area contributed by atoms with Crippen molar-refractivity contribution in [3.8, 4) is 0 Å². The average Bonchev–Trinajstić information content (AvgIpc) is 2.84. The highest BCUT2D eigenvalue weighted by atomic mass is 15.0. The first kappa shape index (κ1) is 25.2. The molecule has 0 aliphatic rings. The van der Waals surface area contributed by atoms with Crippen molar-refractivity contribution in [1.29, 1.82) is 0 Å². The minimum Gasteiger partial charge on any atom is -0.366 e. The van der Waals surface area contributed by atoms with Gasteiger partial charge in [0.2, 0.25) is 0 Å². The molecule has 6 nitrogen and oxygen atoms in total. The number of nitrogens with one attached hydrogen (secondary N) is 3. The van der Waals surface area contributed by atoms with E-state index in [0.717, 1.165) is 34.5 Å². The summed E-state index contributed by atoms with van der Waals surface area (Å²) in [6, 6.07) is 18.2. The Balaban J connectivity index is 1.66. The van der Waals surface area contributed by atoms with Crippen LogP contribution in [-0.4, -0.2) is 15.0 Å². The van der Waals surface area contributed by atoms with E-state index in [2.05, 4.69) is 51.7 Å². The van der Waals surface area contributed by atoms with Crippen LogP contribution in [-0.2, 0) is 19.6 Å². The fraction of sp³-hybridized carbons (Fsp3) is 0.300. The SMILES string of the molecule is Cc1cccc(NCc2c(C)c(CNc3cccc(C)n3)c(C)c(CNc3cccc(C)n3)c2C)n1. The Hall–Kier alpha value is -3.93. The summed E-state index contributed by atoms with van der Waals surface area (Å²) < 4.78 is 0. The Bertz CT molecular complexity index is 1180. The number of rotatable bonds is 9. The van der Waals surface area contributed by atoms with Gasteiger partial charge in [0.15, 0.2) is 0 Å². The van der Waals surface area contributed by atoms with Gasteiger partial charge in [0.1, 0.15) is 17.5 Å². The third kappa shape index (κ3) is 6.00. The molecule has 0 saturated carbocycles. The van der Waals surface area contributed by atoms with Crippen LogP contribution in [0, 0.1) is 41.5 Å². The Morgan fingerprint density at radius 3 is 0.972 bits per heavy atom. The number of nitrogens with zero attached hydrogens (tertiary/aromatic N) is 3. The molecular weight excluding hydrogens is 444 g/mol. The van der Waals surface area contributed by atoms with Crippen LogP contribution in [0.3, 0.4) is 0 Å². The molecule has 1 aromatic carbocycles. The van der Waals surface area contributed by atoms with Crippen molar-refractivity contribution in [3.63, 3.8) is 0 Å². The second kappa shape index (κ2) is 11.2. The van der Waals surface area contributed by atoms with E-state index in [1.54, 1.807) is 0 Å². The lowest BCUT2D eigenvalue weighted by atomic mass is 9.87. The second-order valence-electron chi connectivity index (χ2n) is 9.36. The van der Waals surface area contributed by atoms with Gasteiger partial charge in [0.05, 0.1) is 0 Å². The van der Waals surface area contributed by atoms with Gasteiger partial charge in [-0.25, -0.2) is 15.0 Å². The number of hydrogen-bond acceptors (Lipinski definition) is 6. The second-order valence-corrected chi connectivity index (χ2v) is 9.36. The van der Waals surface area contributed by atoms with Crippen LogP contribution >= 0.6 is 0 Å². The quantitative estimate of drug-likeness (QED) is 0.252. The first-order valence-corrected chi connectivity index (χ1v) is 12.4. The number of anilines is 3. The third-order valence-corrected chi connectivity index (χ3v) is 6.72. The van der Waals surface area contributed by atoms with E-state index >= 15 is 0 Å². The van der Waals surface area contributed by atoms with Gasteiger partial charge >= 0.3 is 0 Å². The van der Waals surface area contributed by atoms with Gasteiger partial charge in [0.25, 0.3) is 0 Å². The van der Waals surface area contributed by atoms with E-state index < -0.39 is 0 Å². The highest BCUT2D eigenvalue weighted by molar-refractivity contribution is 5.54. The van der Waals surface area contributed by atoms with Crippen LogP contribution in [0.5, 0.6) is 0 Å². The lowest BCUT2D eigenvalue weighted by Crippen LogP contribution is -2.16. The molecule has 3 heterocycles. The van der Waals surface area contributed by atoms with E-state index in [1.807, 2.05) is 75.4 Å². The van der Waals surface area contributed by atoms with Gasteiger partial charge in [-0.05, 0) is 111 Å². The number of aromatic nitrogens is 3. The molecule has 0 spiro atoms. The fourth-order valence-electron chi connectivity index (χ4n) is 4.65. The van der Waals surface area contributed by atoms with Crippen molar-refractivity contribution in [2.45, 2.75) is 61.2 Å². The molecule has 4 rings (SSSR count). The standard InChI is InChI=1S/C30H36N6/c1-19-10-7-13-28(34-19)31-16-25-22(4)26(17-32-29-14-8-11-20(2)35-29)24(6)27(23(25)5)18-33-30-15-9-12-21(3)36-30/h7-15H,16-18H2,1-6H3,(H,31,34)(H,32,35)(H,33,36). The largest absolute Gasteiger partial charge is 0.366 e. The number of aryl methyl sites for hydroxylation is 3. The molecule has 0 fully saturated rings. The van der Waals surface area contributed by atoms with Gasteiger partial charge in [-0.1, -0.05) is 18.2 Å². The monoisotopic (exact) mass is 480 g/mol. The van der Waals surface area contributed by atoms with E-state index in [-0.39, 0.29) is 0 Å². The molecule has 3 N–H and O–H groups in total. The van der Waals surface area contributed by atoms with Crippen molar-refractivity contribution < 1.29 is 0 Å².